The van der Waals surface area contributed by atoms with E-state index in [0.717, 1.165) is 35.0 Å². The number of carbonyl (C=O) groups excluding carboxylic acids is 1. The molecule has 3 heterocycles. The molecule has 0 bridgehead atoms. The maximum Gasteiger partial charge on any atom is 0.319 e. The first-order valence-corrected chi connectivity index (χ1v) is 10.2. The number of non-ortho nitro benzene ring substituents is 1. The molecule has 0 unspecified atom stereocenters. The van der Waals surface area contributed by atoms with Crippen molar-refractivity contribution in [1.82, 2.24) is 24.1 Å². The zero-order chi connectivity index (χ0) is 20.5. The number of rotatable bonds is 4. The number of benzene rings is 1. The number of hydrogen-bond acceptors (Lipinski definition) is 6. The molecule has 0 radical (unpaired) electrons. The molecule has 1 saturated heterocycles. The zero-order valence-electron chi connectivity index (χ0n) is 16.3. The van der Waals surface area contributed by atoms with E-state index in [1.54, 1.807) is 42.5 Å². The van der Waals surface area contributed by atoms with E-state index >= 15 is 0 Å². The Kier molecular flexibility index (Phi) is 5.20. The van der Waals surface area contributed by atoms with Crippen LogP contribution < -0.4 is 0 Å². The molecule has 10 heteroatoms. The van der Waals surface area contributed by atoms with Crippen LogP contribution in [-0.4, -0.2) is 75.3 Å². The minimum atomic E-state index is -0.398. The van der Waals surface area contributed by atoms with Crippen molar-refractivity contribution in [3.8, 4) is 11.3 Å². The van der Waals surface area contributed by atoms with Gasteiger partial charge in [-0.3, -0.25) is 19.4 Å². The fourth-order valence-electron chi connectivity index (χ4n) is 3.55. The Balaban J connectivity index is 1.56. The molecule has 1 aromatic carbocycles. The summed E-state index contributed by atoms with van der Waals surface area (Å²) in [4.78, 5) is 34.1. The molecule has 152 valence electrons. The molecule has 1 fully saturated rings. The Morgan fingerprint density at radius 3 is 2.52 bits per heavy atom. The van der Waals surface area contributed by atoms with E-state index in [9.17, 15) is 14.9 Å². The van der Waals surface area contributed by atoms with Crippen molar-refractivity contribution < 1.29 is 9.72 Å². The number of nitro benzene ring substituents is 1. The van der Waals surface area contributed by atoms with E-state index in [4.69, 9.17) is 4.98 Å². The second-order valence-electron chi connectivity index (χ2n) is 7.21. The number of urea groups is 1. The van der Waals surface area contributed by atoms with Crippen LogP contribution in [0.2, 0.25) is 0 Å². The molecule has 1 aliphatic heterocycles. The van der Waals surface area contributed by atoms with Crippen molar-refractivity contribution in [2.45, 2.75) is 6.54 Å². The van der Waals surface area contributed by atoms with Gasteiger partial charge in [-0.15, -0.1) is 11.3 Å². The predicted molar refractivity (Wildman–Crippen MR) is 111 cm³/mol. The monoisotopic (exact) mass is 414 g/mol. The van der Waals surface area contributed by atoms with Crippen LogP contribution in [0.25, 0.3) is 16.2 Å². The normalized spacial score (nSPS) is 15.0. The Bertz CT molecular complexity index is 1030. The highest BCUT2D eigenvalue weighted by Crippen LogP contribution is 2.29. The van der Waals surface area contributed by atoms with E-state index in [0.29, 0.717) is 19.6 Å². The number of amides is 2. The third-order valence-corrected chi connectivity index (χ3v) is 5.87. The molecular weight excluding hydrogens is 392 g/mol. The Hall–Kier alpha value is -2.98. The lowest BCUT2D eigenvalue weighted by atomic mass is 10.1. The molecule has 0 saturated carbocycles. The van der Waals surface area contributed by atoms with Crippen molar-refractivity contribution in [2.75, 3.05) is 40.3 Å². The third-order valence-electron chi connectivity index (χ3n) is 5.11. The largest absolute Gasteiger partial charge is 0.331 e. The Morgan fingerprint density at radius 2 is 1.90 bits per heavy atom. The van der Waals surface area contributed by atoms with Gasteiger partial charge >= 0.3 is 6.03 Å². The van der Waals surface area contributed by atoms with Crippen LogP contribution in [0.4, 0.5) is 10.5 Å². The number of nitrogens with zero attached hydrogens (tertiary/aromatic N) is 6. The smallest absolute Gasteiger partial charge is 0.319 e. The summed E-state index contributed by atoms with van der Waals surface area (Å²) in [6.45, 7) is 3.66. The molecule has 9 nitrogen and oxygen atoms in total. The van der Waals surface area contributed by atoms with Gasteiger partial charge in [0.15, 0.2) is 4.96 Å². The molecule has 2 aromatic heterocycles. The summed E-state index contributed by atoms with van der Waals surface area (Å²) in [6, 6.07) is 6.57. The van der Waals surface area contributed by atoms with Crippen molar-refractivity contribution in [1.29, 1.82) is 0 Å². The molecule has 0 aliphatic carbocycles. The predicted octanol–water partition coefficient (Wildman–Crippen LogP) is 2.77. The van der Waals surface area contributed by atoms with Gasteiger partial charge in [-0.1, -0.05) is 0 Å². The highest BCUT2D eigenvalue weighted by molar-refractivity contribution is 7.15. The summed E-state index contributed by atoms with van der Waals surface area (Å²) in [5, 5.41) is 12.9. The zero-order valence-corrected chi connectivity index (χ0v) is 17.1. The van der Waals surface area contributed by atoms with Crippen LogP contribution >= 0.6 is 11.3 Å². The summed E-state index contributed by atoms with van der Waals surface area (Å²) in [5.74, 6) is 0. The number of imidazole rings is 1. The average molecular weight is 414 g/mol. The number of carbonyl (C=O) groups is 1. The van der Waals surface area contributed by atoms with Gasteiger partial charge in [0.2, 0.25) is 0 Å². The number of fused-ring (bicyclic) bond motifs is 1. The first kappa shape index (κ1) is 19.3. The van der Waals surface area contributed by atoms with Crippen LogP contribution in [0.1, 0.15) is 5.69 Å². The van der Waals surface area contributed by atoms with Gasteiger partial charge in [0.1, 0.15) is 0 Å². The summed E-state index contributed by atoms with van der Waals surface area (Å²) >= 11 is 1.56. The van der Waals surface area contributed by atoms with Crippen molar-refractivity contribution >= 4 is 28.0 Å². The molecule has 0 N–H and O–H groups in total. The van der Waals surface area contributed by atoms with Crippen LogP contribution in [0.5, 0.6) is 0 Å². The quantitative estimate of drug-likeness (QED) is 0.484. The summed E-state index contributed by atoms with van der Waals surface area (Å²) < 4.78 is 2.08. The first-order chi connectivity index (χ1) is 13.9. The minimum absolute atomic E-state index is 0.0424. The second-order valence-corrected chi connectivity index (χ2v) is 8.08. The summed E-state index contributed by atoms with van der Waals surface area (Å²) in [5.41, 5.74) is 2.84. The maximum absolute atomic E-state index is 12.1. The highest BCUT2D eigenvalue weighted by atomic mass is 32.1. The number of piperazine rings is 1. The Labute approximate surface area is 171 Å². The molecule has 0 spiro atoms. The van der Waals surface area contributed by atoms with E-state index in [1.807, 2.05) is 16.5 Å². The molecule has 4 rings (SSSR count). The van der Waals surface area contributed by atoms with E-state index < -0.39 is 4.92 Å². The fraction of sp³-hybridized carbons (Fsp3) is 0.368. The standard InChI is InChI=1S/C19H22N6O3S/c1-21(2)19(26)23-9-7-22(8-10-23)13-16-17(20-18-24(16)11-12-29-18)14-3-5-15(6-4-14)25(27)28/h3-6,11-12H,7-10,13H2,1-2H3. The average Bonchev–Trinajstić information content (AvgIpc) is 3.30. The number of thiazole rings is 1. The van der Waals surface area contributed by atoms with Crippen molar-refractivity contribution in [2.24, 2.45) is 0 Å². The van der Waals surface area contributed by atoms with Gasteiger partial charge in [0.05, 0.1) is 16.3 Å². The molecule has 2 amide bonds. The number of aromatic nitrogens is 2. The van der Waals surface area contributed by atoms with Crippen LogP contribution in [0.15, 0.2) is 35.8 Å². The minimum Gasteiger partial charge on any atom is -0.331 e. The first-order valence-electron chi connectivity index (χ1n) is 9.32. The maximum atomic E-state index is 12.1. The Morgan fingerprint density at radius 1 is 1.21 bits per heavy atom. The van der Waals surface area contributed by atoms with Gasteiger partial charge in [-0.2, -0.15) is 0 Å². The highest BCUT2D eigenvalue weighted by Gasteiger charge is 2.24. The van der Waals surface area contributed by atoms with Gasteiger partial charge in [-0.25, -0.2) is 9.78 Å². The third kappa shape index (κ3) is 3.81. The van der Waals surface area contributed by atoms with Crippen LogP contribution in [0, 0.1) is 10.1 Å². The number of hydrogen-bond donors (Lipinski definition) is 0. The lowest BCUT2D eigenvalue weighted by Crippen LogP contribution is -2.51. The molecule has 0 atom stereocenters. The molecule has 29 heavy (non-hydrogen) atoms. The fourth-order valence-corrected chi connectivity index (χ4v) is 4.28. The second kappa shape index (κ2) is 7.80. The van der Waals surface area contributed by atoms with Crippen molar-refractivity contribution in [3.05, 3.63) is 51.7 Å². The van der Waals surface area contributed by atoms with E-state index in [-0.39, 0.29) is 11.7 Å². The van der Waals surface area contributed by atoms with Crippen molar-refractivity contribution in [3.63, 3.8) is 0 Å². The topological polar surface area (TPSA) is 87.2 Å². The number of nitro groups is 1. The van der Waals surface area contributed by atoms with E-state index in [1.165, 1.54) is 12.1 Å². The van der Waals surface area contributed by atoms with Gasteiger partial charge in [-0.05, 0) is 12.1 Å². The molecule has 1 aliphatic rings. The molecular formula is C19H22N6O3S. The van der Waals surface area contributed by atoms with Crippen LogP contribution in [0.3, 0.4) is 0 Å². The SMILES string of the molecule is CN(C)C(=O)N1CCN(Cc2c(-c3ccc([N+](=O)[O-])cc3)nc3sccn23)CC1. The summed E-state index contributed by atoms with van der Waals surface area (Å²) in [7, 11) is 3.54. The van der Waals surface area contributed by atoms with Gasteiger partial charge < -0.3 is 9.80 Å². The van der Waals surface area contributed by atoms with E-state index in [2.05, 4.69) is 9.30 Å². The lowest BCUT2D eigenvalue weighted by Gasteiger charge is -2.35. The van der Waals surface area contributed by atoms with Gasteiger partial charge in [0.25, 0.3) is 5.69 Å². The van der Waals surface area contributed by atoms with Gasteiger partial charge in [0, 0.05) is 76.1 Å². The van der Waals surface area contributed by atoms with Crippen LogP contribution in [-0.2, 0) is 6.54 Å². The summed E-state index contributed by atoms with van der Waals surface area (Å²) in [6.07, 6.45) is 2.00. The lowest BCUT2D eigenvalue weighted by molar-refractivity contribution is -0.384. The molecule has 3 aromatic rings.